The van der Waals surface area contributed by atoms with Crippen LogP contribution in [0, 0.1) is 17.6 Å². The van der Waals surface area contributed by atoms with E-state index in [1.54, 1.807) is 0 Å². The lowest BCUT2D eigenvalue weighted by molar-refractivity contribution is -0.151. The molecule has 0 saturated carbocycles. The van der Waals surface area contributed by atoms with Gasteiger partial charge in [-0.05, 0) is 6.07 Å². The maximum atomic E-state index is 13.1. The van der Waals surface area contributed by atoms with Gasteiger partial charge < -0.3 is 10.2 Å². The molecule has 5 nitrogen and oxygen atoms in total. The summed E-state index contributed by atoms with van der Waals surface area (Å²) in [6.07, 6.45) is 0. The molecule has 0 heterocycles. The quantitative estimate of drug-likeness (QED) is 0.385. The number of hydrogen-bond donors (Lipinski definition) is 2. The highest BCUT2D eigenvalue weighted by Gasteiger charge is 2.36. The van der Waals surface area contributed by atoms with Gasteiger partial charge in [-0.25, -0.2) is 8.78 Å². The molecule has 0 spiro atoms. The Morgan fingerprint density at radius 1 is 1.05 bits per heavy atom. The van der Waals surface area contributed by atoms with Crippen molar-refractivity contribution in [1.82, 2.24) is 0 Å². The second-order valence-corrected chi connectivity index (χ2v) is 4.08. The molecule has 0 bridgehead atoms. The highest BCUT2D eigenvalue weighted by Crippen LogP contribution is 2.32. The standard InChI is InChI=1S/C10H4Cl2F2O5/c11-5-2(1-3(13)7(14)6(5)12)8(15)4(9(16)17)10(18)19/h1,4H,(H,16,17)(H,18,19). The van der Waals surface area contributed by atoms with Gasteiger partial charge in [0, 0.05) is 5.56 Å². The molecule has 0 aromatic heterocycles. The van der Waals surface area contributed by atoms with Crippen LogP contribution in [-0.2, 0) is 9.59 Å². The Bertz CT molecular complexity index is 574. The number of halogens is 4. The Balaban J connectivity index is 3.42. The Hall–Kier alpha value is -1.73. The zero-order valence-electron chi connectivity index (χ0n) is 8.79. The zero-order valence-corrected chi connectivity index (χ0v) is 10.3. The molecule has 0 amide bonds. The predicted octanol–water partition coefficient (Wildman–Crippen LogP) is 2.24. The first-order chi connectivity index (χ1) is 8.68. The highest BCUT2D eigenvalue weighted by atomic mass is 35.5. The number of benzene rings is 1. The van der Waals surface area contributed by atoms with Crippen LogP contribution >= 0.6 is 23.2 Å². The van der Waals surface area contributed by atoms with E-state index in [9.17, 15) is 23.2 Å². The molecule has 1 rings (SSSR count). The lowest BCUT2D eigenvalue weighted by atomic mass is 9.97. The van der Waals surface area contributed by atoms with E-state index < -0.39 is 50.9 Å². The lowest BCUT2D eigenvalue weighted by Gasteiger charge is -2.10. The van der Waals surface area contributed by atoms with Crippen molar-refractivity contribution in [2.75, 3.05) is 0 Å². The van der Waals surface area contributed by atoms with Gasteiger partial charge in [-0.1, -0.05) is 23.2 Å². The monoisotopic (exact) mass is 312 g/mol. The van der Waals surface area contributed by atoms with Gasteiger partial charge in [0.2, 0.25) is 5.92 Å². The van der Waals surface area contributed by atoms with Crippen LogP contribution in [0.2, 0.25) is 10.0 Å². The molecule has 0 aliphatic carbocycles. The molecule has 0 radical (unpaired) electrons. The summed E-state index contributed by atoms with van der Waals surface area (Å²) in [5.74, 6) is -11.0. The largest absolute Gasteiger partial charge is 0.480 e. The first-order valence-electron chi connectivity index (χ1n) is 4.51. The summed E-state index contributed by atoms with van der Waals surface area (Å²) in [7, 11) is 0. The van der Waals surface area contributed by atoms with E-state index in [1.165, 1.54) is 0 Å². The Morgan fingerprint density at radius 3 is 1.95 bits per heavy atom. The molecule has 0 aliphatic heterocycles. The van der Waals surface area contributed by atoms with Gasteiger partial charge in [0.1, 0.15) is 0 Å². The fourth-order valence-electron chi connectivity index (χ4n) is 1.24. The molecule has 0 aliphatic rings. The minimum atomic E-state index is -2.49. The predicted molar refractivity (Wildman–Crippen MR) is 59.5 cm³/mol. The first-order valence-corrected chi connectivity index (χ1v) is 5.26. The van der Waals surface area contributed by atoms with Gasteiger partial charge in [-0.2, -0.15) is 0 Å². The molecule has 1 aromatic carbocycles. The minimum absolute atomic E-state index is 0.296. The number of carboxylic acid groups (broad SMARTS) is 2. The summed E-state index contributed by atoms with van der Waals surface area (Å²) in [4.78, 5) is 33.0. The molecule has 0 saturated heterocycles. The topological polar surface area (TPSA) is 91.7 Å². The van der Waals surface area contributed by atoms with Crippen LogP contribution in [0.5, 0.6) is 0 Å². The average Bonchev–Trinajstić information content (AvgIpc) is 2.30. The Labute approximate surface area is 114 Å². The van der Waals surface area contributed by atoms with Crippen molar-refractivity contribution in [3.8, 4) is 0 Å². The Morgan fingerprint density at radius 2 is 1.53 bits per heavy atom. The van der Waals surface area contributed by atoms with Crippen LogP contribution in [0.25, 0.3) is 0 Å². The summed E-state index contributed by atoms with van der Waals surface area (Å²) >= 11 is 10.8. The molecule has 0 atom stereocenters. The molecule has 2 N–H and O–H groups in total. The number of carboxylic acids is 2. The van der Waals surface area contributed by atoms with Crippen LogP contribution in [0.1, 0.15) is 10.4 Å². The van der Waals surface area contributed by atoms with Crippen molar-refractivity contribution in [3.63, 3.8) is 0 Å². The highest BCUT2D eigenvalue weighted by molar-refractivity contribution is 6.44. The number of carbonyl (C=O) groups is 3. The summed E-state index contributed by atoms with van der Waals surface area (Å²) in [6, 6.07) is 0.296. The van der Waals surface area contributed by atoms with Gasteiger partial charge in [0.25, 0.3) is 0 Å². The molecular weight excluding hydrogens is 309 g/mol. The van der Waals surface area contributed by atoms with Gasteiger partial charge in [-0.15, -0.1) is 0 Å². The number of rotatable bonds is 4. The molecule has 1 aromatic rings. The first kappa shape index (κ1) is 15.3. The van der Waals surface area contributed by atoms with E-state index >= 15 is 0 Å². The van der Waals surface area contributed by atoms with Crippen LogP contribution in [-0.4, -0.2) is 27.9 Å². The number of ketones is 1. The average molecular weight is 313 g/mol. The van der Waals surface area contributed by atoms with E-state index in [0.717, 1.165) is 0 Å². The minimum Gasteiger partial charge on any atom is -0.480 e. The summed E-state index contributed by atoms with van der Waals surface area (Å²) in [5.41, 5.74) is -0.819. The molecular formula is C10H4Cl2F2O5. The fourth-order valence-corrected chi connectivity index (χ4v) is 1.66. The molecule has 102 valence electrons. The second-order valence-electron chi connectivity index (χ2n) is 3.32. The number of aliphatic carboxylic acids is 2. The summed E-state index contributed by atoms with van der Waals surface area (Å²) in [5, 5.41) is 15.5. The number of Topliss-reactive ketones (excluding diaryl/α,β-unsaturated/α-hetero) is 1. The maximum Gasteiger partial charge on any atom is 0.325 e. The van der Waals surface area contributed by atoms with E-state index in [4.69, 9.17) is 33.4 Å². The fraction of sp³-hybridized carbons (Fsp3) is 0.100. The number of hydrogen-bond acceptors (Lipinski definition) is 3. The molecule has 0 fully saturated rings. The summed E-state index contributed by atoms with van der Waals surface area (Å²) in [6.45, 7) is 0. The van der Waals surface area contributed by atoms with Crippen LogP contribution < -0.4 is 0 Å². The van der Waals surface area contributed by atoms with E-state index in [0.29, 0.717) is 6.07 Å². The van der Waals surface area contributed by atoms with Crippen molar-refractivity contribution in [2.45, 2.75) is 0 Å². The lowest BCUT2D eigenvalue weighted by Crippen LogP contribution is -2.32. The second kappa shape index (κ2) is 5.50. The molecule has 0 unspecified atom stereocenters. The third-order valence-corrected chi connectivity index (χ3v) is 2.97. The van der Waals surface area contributed by atoms with Crippen molar-refractivity contribution in [1.29, 1.82) is 0 Å². The van der Waals surface area contributed by atoms with E-state index in [-0.39, 0.29) is 0 Å². The van der Waals surface area contributed by atoms with Crippen molar-refractivity contribution in [3.05, 3.63) is 33.3 Å². The molecule has 9 heteroatoms. The van der Waals surface area contributed by atoms with Crippen molar-refractivity contribution >= 4 is 40.9 Å². The van der Waals surface area contributed by atoms with Gasteiger partial charge in [0.15, 0.2) is 17.4 Å². The van der Waals surface area contributed by atoms with E-state index in [1.807, 2.05) is 0 Å². The van der Waals surface area contributed by atoms with Gasteiger partial charge in [-0.3, -0.25) is 14.4 Å². The Kier molecular flexibility index (Phi) is 4.43. The van der Waals surface area contributed by atoms with Crippen molar-refractivity contribution < 1.29 is 33.4 Å². The van der Waals surface area contributed by atoms with Gasteiger partial charge in [0.05, 0.1) is 10.0 Å². The third-order valence-electron chi connectivity index (χ3n) is 2.12. The third kappa shape index (κ3) is 2.82. The van der Waals surface area contributed by atoms with Crippen LogP contribution in [0.3, 0.4) is 0 Å². The number of carbonyl (C=O) groups excluding carboxylic acids is 1. The van der Waals surface area contributed by atoms with Gasteiger partial charge >= 0.3 is 11.9 Å². The zero-order chi connectivity index (χ0) is 14.9. The smallest absolute Gasteiger partial charge is 0.325 e. The normalized spacial score (nSPS) is 10.6. The summed E-state index contributed by atoms with van der Waals surface area (Å²) < 4.78 is 26.1. The molecule has 19 heavy (non-hydrogen) atoms. The van der Waals surface area contributed by atoms with Crippen LogP contribution in [0.4, 0.5) is 8.78 Å². The SMILES string of the molecule is O=C(O)C(C(=O)O)C(=O)c1cc(F)c(F)c(Cl)c1Cl. The van der Waals surface area contributed by atoms with E-state index in [2.05, 4.69) is 0 Å². The maximum absolute atomic E-state index is 13.1. The van der Waals surface area contributed by atoms with Crippen molar-refractivity contribution in [2.24, 2.45) is 5.92 Å². The van der Waals surface area contributed by atoms with Crippen LogP contribution in [0.15, 0.2) is 6.07 Å².